The molecule has 1 aliphatic carbocycles. The maximum absolute atomic E-state index is 12.3. The quantitative estimate of drug-likeness (QED) is 0.814. The molecule has 21 heavy (non-hydrogen) atoms. The number of carbonyl (C=O) groups is 2. The number of hydrogen-bond acceptors (Lipinski definition) is 3. The first-order valence-corrected chi connectivity index (χ1v) is 8.48. The number of hydrogen-bond donors (Lipinski definition) is 2. The molecular weight excluding hydrogens is 286 g/mol. The van der Waals surface area contributed by atoms with Gasteiger partial charge in [-0.25, -0.2) is 0 Å². The minimum absolute atomic E-state index is 0.0610. The van der Waals surface area contributed by atoms with E-state index in [1.165, 1.54) is 0 Å². The van der Waals surface area contributed by atoms with Crippen LogP contribution in [0.4, 0.5) is 0 Å². The van der Waals surface area contributed by atoms with Crippen molar-refractivity contribution in [3.8, 4) is 0 Å². The van der Waals surface area contributed by atoms with E-state index in [-0.39, 0.29) is 18.4 Å². The first-order chi connectivity index (χ1) is 10.0. The summed E-state index contributed by atoms with van der Waals surface area (Å²) in [5.41, 5.74) is -0.865. The summed E-state index contributed by atoms with van der Waals surface area (Å²) in [7, 11) is 0. The fourth-order valence-electron chi connectivity index (χ4n) is 3.08. The molecule has 0 radical (unpaired) electrons. The second-order valence-electron chi connectivity index (χ2n) is 5.98. The zero-order valence-electron chi connectivity index (χ0n) is 12.4. The second kappa shape index (κ2) is 7.07. The summed E-state index contributed by atoms with van der Waals surface area (Å²) in [6.07, 6.45) is 5.27. The highest BCUT2D eigenvalue weighted by Crippen LogP contribution is 2.38. The molecule has 0 aliphatic heterocycles. The van der Waals surface area contributed by atoms with Gasteiger partial charge >= 0.3 is 5.97 Å². The third-order valence-electron chi connectivity index (χ3n) is 4.36. The SMILES string of the molecule is C[C@H](NC(=O)CC1(C(=O)O)CCCCCC1)c1cccs1. The van der Waals surface area contributed by atoms with Crippen molar-refractivity contribution in [2.45, 2.75) is 57.9 Å². The van der Waals surface area contributed by atoms with Gasteiger partial charge in [-0.05, 0) is 31.2 Å². The molecule has 1 aliphatic rings. The van der Waals surface area contributed by atoms with E-state index in [0.29, 0.717) is 12.8 Å². The summed E-state index contributed by atoms with van der Waals surface area (Å²) in [4.78, 5) is 25.1. The first-order valence-electron chi connectivity index (χ1n) is 7.60. The summed E-state index contributed by atoms with van der Waals surface area (Å²) in [6, 6.07) is 3.87. The Balaban J connectivity index is 1.99. The van der Waals surface area contributed by atoms with Crippen molar-refractivity contribution < 1.29 is 14.7 Å². The summed E-state index contributed by atoms with van der Waals surface area (Å²) >= 11 is 1.60. The van der Waals surface area contributed by atoms with Gasteiger partial charge < -0.3 is 10.4 Å². The van der Waals surface area contributed by atoms with Gasteiger partial charge in [-0.1, -0.05) is 31.7 Å². The van der Waals surface area contributed by atoms with E-state index in [4.69, 9.17) is 0 Å². The molecule has 116 valence electrons. The molecule has 4 nitrogen and oxygen atoms in total. The van der Waals surface area contributed by atoms with Gasteiger partial charge in [0.1, 0.15) is 0 Å². The van der Waals surface area contributed by atoms with E-state index in [9.17, 15) is 14.7 Å². The monoisotopic (exact) mass is 309 g/mol. The van der Waals surface area contributed by atoms with E-state index in [1.807, 2.05) is 24.4 Å². The molecule has 2 N–H and O–H groups in total. The maximum Gasteiger partial charge on any atom is 0.310 e. The van der Waals surface area contributed by atoms with Crippen LogP contribution < -0.4 is 5.32 Å². The van der Waals surface area contributed by atoms with Crippen LogP contribution >= 0.6 is 11.3 Å². The van der Waals surface area contributed by atoms with Gasteiger partial charge in [0.05, 0.1) is 11.5 Å². The second-order valence-corrected chi connectivity index (χ2v) is 6.96. The van der Waals surface area contributed by atoms with Gasteiger partial charge in [-0.15, -0.1) is 11.3 Å². The molecule has 1 aromatic rings. The predicted molar refractivity (Wildman–Crippen MR) is 83.3 cm³/mol. The lowest BCUT2D eigenvalue weighted by atomic mass is 9.77. The van der Waals surface area contributed by atoms with E-state index in [0.717, 1.165) is 30.6 Å². The van der Waals surface area contributed by atoms with Crippen molar-refractivity contribution in [3.63, 3.8) is 0 Å². The summed E-state index contributed by atoms with van der Waals surface area (Å²) in [5.74, 6) is -0.969. The molecule has 0 unspecified atom stereocenters. The lowest BCUT2D eigenvalue weighted by Crippen LogP contribution is -2.38. The molecule has 1 saturated carbocycles. The van der Waals surface area contributed by atoms with Crippen LogP contribution in [0.2, 0.25) is 0 Å². The molecule has 5 heteroatoms. The van der Waals surface area contributed by atoms with Crippen molar-refractivity contribution in [3.05, 3.63) is 22.4 Å². The van der Waals surface area contributed by atoms with Crippen molar-refractivity contribution in [2.24, 2.45) is 5.41 Å². The lowest BCUT2D eigenvalue weighted by molar-refractivity contribution is -0.153. The van der Waals surface area contributed by atoms with Gasteiger partial charge in [0.15, 0.2) is 0 Å². The third kappa shape index (κ3) is 4.06. The number of carboxylic acid groups (broad SMARTS) is 1. The van der Waals surface area contributed by atoms with Crippen LogP contribution in [-0.4, -0.2) is 17.0 Å². The lowest BCUT2D eigenvalue weighted by Gasteiger charge is -2.28. The molecular formula is C16H23NO3S. The standard InChI is InChI=1S/C16H23NO3S/c1-12(13-7-6-10-21-13)17-14(18)11-16(15(19)20)8-4-2-3-5-9-16/h6-7,10,12H,2-5,8-9,11H2,1H3,(H,17,18)(H,19,20)/t12-/m0/s1. The van der Waals surface area contributed by atoms with Gasteiger partial charge in [-0.2, -0.15) is 0 Å². The highest BCUT2D eigenvalue weighted by molar-refractivity contribution is 7.10. The fourth-order valence-corrected chi connectivity index (χ4v) is 3.81. The number of carbonyl (C=O) groups excluding carboxylic acids is 1. The van der Waals surface area contributed by atoms with Gasteiger partial charge in [0.2, 0.25) is 5.91 Å². The van der Waals surface area contributed by atoms with Crippen molar-refractivity contribution in [1.29, 1.82) is 0 Å². The highest BCUT2D eigenvalue weighted by atomic mass is 32.1. The van der Waals surface area contributed by atoms with E-state index in [1.54, 1.807) is 11.3 Å². The van der Waals surface area contributed by atoms with Crippen molar-refractivity contribution in [1.82, 2.24) is 5.32 Å². The molecule has 0 aromatic carbocycles. The van der Waals surface area contributed by atoms with Gasteiger partial charge in [0, 0.05) is 11.3 Å². The summed E-state index contributed by atoms with van der Waals surface area (Å²) in [6.45, 7) is 1.93. The number of aliphatic carboxylic acids is 1. The molecule has 1 heterocycles. The Morgan fingerprint density at radius 3 is 2.52 bits per heavy atom. The number of nitrogens with one attached hydrogen (secondary N) is 1. The molecule has 1 aromatic heterocycles. The minimum atomic E-state index is -0.865. The Morgan fingerprint density at radius 2 is 2.00 bits per heavy atom. The maximum atomic E-state index is 12.3. The molecule has 2 rings (SSSR count). The molecule has 1 amide bonds. The van der Waals surface area contributed by atoms with Gasteiger partial charge in [-0.3, -0.25) is 9.59 Å². The zero-order valence-corrected chi connectivity index (χ0v) is 13.2. The van der Waals surface area contributed by atoms with Crippen LogP contribution in [0, 0.1) is 5.41 Å². The average Bonchev–Trinajstić information content (AvgIpc) is 2.86. The summed E-state index contributed by atoms with van der Waals surface area (Å²) in [5, 5.41) is 14.5. The Labute approximate surface area is 129 Å². The third-order valence-corrected chi connectivity index (χ3v) is 5.42. The molecule has 1 fully saturated rings. The van der Waals surface area contributed by atoms with Crippen LogP contribution in [0.25, 0.3) is 0 Å². The molecule has 0 bridgehead atoms. The smallest absolute Gasteiger partial charge is 0.310 e. The van der Waals surface area contributed by atoms with Crippen LogP contribution in [0.5, 0.6) is 0 Å². The minimum Gasteiger partial charge on any atom is -0.481 e. The van der Waals surface area contributed by atoms with Crippen molar-refractivity contribution in [2.75, 3.05) is 0 Å². The zero-order chi connectivity index (χ0) is 15.3. The predicted octanol–water partition coefficient (Wildman–Crippen LogP) is 3.74. The molecule has 0 spiro atoms. The van der Waals surface area contributed by atoms with Crippen LogP contribution in [0.3, 0.4) is 0 Å². The van der Waals surface area contributed by atoms with E-state index in [2.05, 4.69) is 5.32 Å². The normalized spacial score (nSPS) is 19.5. The first kappa shape index (κ1) is 16.0. The number of rotatable bonds is 5. The Bertz CT molecular complexity index is 476. The Hall–Kier alpha value is -1.36. The highest BCUT2D eigenvalue weighted by Gasteiger charge is 2.40. The van der Waals surface area contributed by atoms with Gasteiger partial charge in [0.25, 0.3) is 0 Å². The average molecular weight is 309 g/mol. The number of thiophene rings is 1. The topological polar surface area (TPSA) is 66.4 Å². The largest absolute Gasteiger partial charge is 0.481 e. The summed E-state index contributed by atoms with van der Waals surface area (Å²) < 4.78 is 0. The van der Waals surface area contributed by atoms with Crippen molar-refractivity contribution >= 4 is 23.2 Å². The number of amides is 1. The van der Waals surface area contributed by atoms with E-state index < -0.39 is 11.4 Å². The number of carboxylic acids is 1. The molecule has 0 saturated heterocycles. The molecule has 1 atom stereocenters. The van der Waals surface area contributed by atoms with E-state index >= 15 is 0 Å². The fraction of sp³-hybridized carbons (Fsp3) is 0.625. The Kier molecular flexibility index (Phi) is 5.39. The Morgan fingerprint density at radius 1 is 1.33 bits per heavy atom. The van der Waals surface area contributed by atoms with Crippen LogP contribution in [0.15, 0.2) is 17.5 Å². The van der Waals surface area contributed by atoms with Crippen LogP contribution in [-0.2, 0) is 9.59 Å². The van der Waals surface area contributed by atoms with Crippen LogP contribution in [0.1, 0.15) is 62.8 Å².